The molecular weight excluding hydrogens is 200 g/mol. The van der Waals surface area contributed by atoms with Crippen molar-refractivity contribution in [1.82, 2.24) is 4.90 Å². The van der Waals surface area contributed by atoms with Gasteiger partial charge in [0.15, 0.2) is 0 Å². The van der Waals surface area contributed by atoms with Crippen LogP contribution in [0.5, 0.6) is 0 Å². The van der Waals surface area contributed by atoms with Crippen LogP contribution in [-0.2, 0) is 0 Å². The monoisotopic (exact) mass is 228 g/mol. The van der Waals surface area contributed by atoms with E-state index in [4.69, 9.17) is 10.8 Å². The summed E-state index contributed by atoms with van der Waals surface area (Å²) < 4.78 is 0. The van der Waals surface area contributed by atoms with E-state index >= 15 is 0 Å². The summed E-state index contributed by atoms with van der Waals surface area (Å²) >= 11 is 0. The van der Waals surface area contributed by atoms with Crippen molar-refractivity contribution < 1.29 is 5.11 Å². The fourth-order valence-electron chi connectivity index (χ4n) is 2.76. The van der Waals surface area contributed by atoms with Crippen LogP contribution in [0.2, 0.25) is 0 Å². The maximum absolute atomic E-state index is 9.08. The molecule has 0 amide bonds. The van der Waals surface area contributed by atoms with Crippen LogP contribution in [0.1, 0.15) is 40.0 Å². The second kappa shape index (κ2) is 5.99. The van der Waals surface area contributed by atoms with Gasteiger partial charge in [0, 0.05) is 18.6 Å². The Kier molecular flexibility index (Phi) is 5.22. The first kappa shape index (κ1) is 13.9. The van der Waals surface area contributed by atoms with Crippen LogP contribution in [0.3, 0.4) is 0 Å². The molecule has 3 N–H and O–H groups in total. The van der Waals surface area contributed by atoms with Crippen LogP contribution in [0.25, 0.3) is 0 Å². The minimum Gasteiger partial charge on any atom is -0.394 e. The van der Waals surface area contributed by atoms with Gasteiger partial charge in [0.05, 0.1) is 6.61 Å². The largest absolute Gasteiger partial charge is 0.394 e. The summed E-state index contributed by atoms with van der Waals surface area (Å²) in [5, 5.41) is 9.08. The smallest absolute Gasteiger partial charge is 0.0608 e. The Morgan fingerprint density at radius 2 is 1.88 bits per heavy atom. The maximum atomic E-state index is 9.08. The number of piperidine rings is 1. The first-order valence-corrected chi connectivity index (χ1v) is 6.55. The Labute approximate surface area is 100 Å². The zero-order chi connectivity index (χ0) is 12.2. The lowest BCUT2D eigenvalue weighted by molar-refractivity contribution is 0.131. The minimum atomic E-state index is -0.396. The molecule has 0 aromatic rings. The number of aliphatic hydroxyl groups excluding tert-OH is 1. The van der Waals surface area contributed by atoms with Gasteiger partial charge < -0.3 is 15.7 Å². The van der Waals surface area contributed by atoms with Crippen LogP contribution in [0.4, 0.5) is 0 Å². The average molecular weight is 228 g/mol. The number of aliphatic hydroxyl groups is 1. The molecule has 3 atom stereocenters. The second-order valence-corrected chi connectivity index (χ2v) is 6.12. The van der Waals surface area contributed by atoms with Gasteiger partial charge >= 0.3 is 0 Å². The molecular formula is C13H28N2O. The van der Waals surface area contributed by atoms with Gasteiger partial charge in [-0.1, -0.05) is 13.8 Å². The van der Waals surface area contributed by atoms with Gasteiger partial charge in [-0.2, -0.15) is 0 Å². The number of hydrogen-bond acceptors (Lipinski definition) is 3. The molecule has 1 aliphatic rings. The molecule has 3 nitrogen and oxygen atoms in total. The van der Waals surface area contributed by atoms with Crippen LogP contribution in [0.15, 0.2) is 0 Å². The summed E-state index contributed by atoms with van der Waals surface area (Å²) in [5.41, 5.74) is 5.52. The van der Waals surface area contributed by atoms with Crippen molar-refractivity contribution in [1.29, 1.82) is 0 Å². The van der Waals surface area contributed by atoms with Crippen LogP contribution >= 0.6 is 0 Å². The molecule has 1 fully saturated rings. The lowest BCUT2D eigenvalue weighted by atomic mass is 9.91. The molecule has 0 aromatic heterocycles. The van der Waals surface area contributed by atoms with E-state index in [1.165, 1.54) is 19.5 Å². The van der Waals surface area contributed by atoms with Crippen molar-refractivity contribution >= 4 is 0 Å². The number of rotatable bonds is 5. The van der Waals surface area contributed by atoms with Crippen molar-refractivity contribution in [2.75, 3.05) is 26.2 Å². The SMILES string of the molecule is CC1CC(C)CN(CCCC(C)(N)CO)C1. The molecule has 0 radical (unpaired) electrons. The van der Waals surface area contributed by atoms with E-state index in [0.717, 1.165) is 31.2 Å². The highest BCUT2D eigenvalue weighted by Crippen LogP contribution is 2.21. The summed E-state index contributed by atoms with van der Waals surface area (Å²) in [7, 11) is 0. The maximum Gasteiger partial charge on any atom is 0.0608 e. The minimum absolute atomic E-state index is 0.0831. The molecule has 0 aromatic carbocycles. The molecule has 0 saturated carbocycles. The summed E-state index contributed by atoms with van der Waals surface area (Å²) in [5.74, 6) is 1.65. The van der Waals surface area contributed by atoms with Crippen LogP contribution < -0.4 is 5.73 Å². The van der Waals surface area contributed by atoms with E-state index in [-0.39, 0.29) is 6.61 Å². The lowest BCUT2D eigenvalue weighted by Gasteiger charge is -2.35. The normalized spacial score (nSPS) is 31.3. The van der Waals surface area contributed by atoms with E-state index in [1.54, 1.807) is 0 Å². The van der Waals surface area contributed by atoms with E-state index in [9.17, 15) is 0 Å². The molecule has 0 aliphatic carbocycles. The van der Waals surface area contributed by atoms with Gasteiger partial charge in [0.25, 0.3) is 0 Å². The standard InChI is InChI=1S/C13H28N2O/c1-11-7-12(2)9-15(8-11)6-4-5-13(3,14)10-16/h11-12,16H,4-10,14H2,1-3H3. The zero-order valence-corrected chi connectivity index (χ0v) is 11.1. The zero-order valence-electron chi connectivity index (χ0n) is 11.1. The first-order valence-electron chi connectivity index (χ1n) is 6.55. The third-order valence-electron chi connectivity index (χ3n) is 3.53. The van der Waals surface area contributed by atoms with Crippen molar-refractivity contribution in [2.45, 2.75) is 45.6 Å². The van der Waals surface area contributed by atoms with E-state index in [2.05, 4.69) is 18.7 Å². The second-order valence-electron chi connectivity index (χ2n) is 6.12. The number of nitrogens with two attached hydrogens (primary N) is 1. The van der Waals surface area contributed by atoms with Crippen molar-refractivity contribution in [3.8, 4) is 0 Å². The number of nitrogens with zero attached hydrogens (tertiary/aromatic N) is 1. The topological polar surface area (TPSA) is 49.5 Å². The molecule has 1 heterocycles. The van der Waals surface area contributed by atoms with Crippen LogP contribution in [0, 0.1) is 11.8 Å². The molecule has 96 valence electrons. The molecule has 3 heteroatoms. The summed E-state index contributed by atoms with van der Waals surface area (Å²) in [6.45, 7) is 10.3. The Bertz CT molecular complexity index is 196. The van der Waals surface area contributed by atoms with Gasteiger partial charge in [-0.05, 0) is 44.6 Å². The third kappa shape index (κ3) is 4.81. The molecule has 1 aliphatic heterocycles. The molecule has 16 heavy (non-hydrogen) atoms. The van der Waals surface area contributed by atoms with Gasteiger partial charge in [0.1, 0.15) is 0 Å². The molecule has 1 rings (SSSR count). The Hall–Kier alpha value is -0.120. The van der Waals surface area contributed by atoms with Gasteiger partial charge in [-0.25, -0.2) is 0 Å². The fourth-order valence-corrected chi connectivity index (χ4v) is 2.76. The van der Waals surface area contributed by atoms with Crippen molar-refractivity contribution in [3.05, 3.63) is 0 Å². The summed E-state index contributed by atoms with van der Waals surface area (Å²) in [4.78, 5) is 2.55. The lowest BCUT2D eigenvalue weighted by Crippen LogP contribution is -2.42. The third-order valence-corrected chi connectivity index (χ3v) is 3.53. The van der Waals surface area contributed by atoms with Gasteiger partial charge in [-0.15, -0.1) is 0 Å². The van der Waals surface area contributed by atoms with Crippen molar-refractivity contribution in [3.63, 3.8) is 0 Å². The predicted octanol–water partition coefficient (Wildman–Crippen LogP) is 1.45. The highest BCUT2D eigenvalue weighted by atomic mass is 16.3. The highest BCUT2D eigenvalue weighted by Gasteiger charge is 2.22. The fraction of sp³-hybridized carbons (Fsp3) is 1.00. The van der Waals surface area contributed by atoms with Gasteiger partial charge in [0.2, 0.25) is 0 Å². The van der Waals surface area contributed by atoms with Crippen molar-refractivity contribution in [2.24, 2.45) is 17.6 Å². The van der Waals surface area contributed by atoms with E-state index in [0.29, 0.717) is 0 Å². The molecule has 0 bridgehead atoms. The number of likely N-dealkylation sites (tertiary alicyclic amines) is 1. The highest BCUT2D eigenvalue weighted by molar-refractivity contribution is 4.79. The predicted molar refractivity (Wildman–Crippen MR) is 68.3 cm³/mol. The summed E-state index contributed by atoms with van der Waals surface area (Å²) in [6, 6.07) is 0. The number of hydrogen-bond donors (Lipinski definition) is 2. The van der Waals surface area contributed by atoms with E-state index in [1.807, 2.05) is 6.92 Å². The Morgan fingerprint density at radius 3 is 2.38 bits per heavy atom. The van der Waals surface area contributed by atoms with E-state index < -0.39 is 5.54 Å². The molecule has 1 saturated heterocycles. The average Bonchev–Trinajstić information content (AvgIpc) is 2.16. The first-order chi connectivity index (χ1) is 7.43. The summed E-state index contributed by atoms with van der Waals surface area (Å²) in [6.07, 6.45) is 3.36. The quantitative estimate of drug-likeness (QED) is 0.749. The Balaban J connectivity index is 2.22. The Morgan fingerprint density at radius 1 is 1.31 bits per heavy atom. The van der Waals surface area contributed by atoms with Gasteiger partial charge in [-0.3, -0.25) is 0 Å². The molecule has 3 unspecified atom stereocenters. The molecule has 0 spiro atoms. The van der Waals surface area contributed by atoms with Crippen LogP contribution in [-0.4, -0.2) is 41.8 Å².